The number of amides is 2. The van der Waals surface area contributed by atoms with E-state index in [0.29, 0.717) is 12.4 Å². The number of ether oxygens (including phenoxy) is 1. The Morgan fingerprint density at radius 3 is 3.05 bits per heavy atom. The molecule has 2 amide bonds. The van der Waals surface area contributed by atoms with Crippen molar-refractivity contribution < 1.29 is 14.1 Å². The van der Waals surface area contributed by atoms with Crippen molar-refractivity contribution in [3.05, 3.63) is 42.2 Å². The van der Waals surface area contributed by atoms with Crippen molar-refractivity contribution in [2.24, 2.45) is 0 Å². The van der Waals surface area contributed by atoms with Crippen molar-refractivity contribution in [3.8, 4) is 5.75 Å². The molecule has 2 rings (SSSR count). The second-order valence-electron chi connectivity index (χ2n) is 3.87. The normalized spacial score (nSPS) is 9.95. The number of benzene rings is 1. The lowest BCUT2D eigenvalue weighted by atomic mass is 10.1. The summed E-state index contributed by atoms with van der Waals surface area (Å²) in [5, 5.41) is 8.87. The number of aromatic nitrogens is 1. The maximum atomic E-state index is 11.5. The molecular formula is C13H15N3O3. The van der Waals surface area contributed by atoms with Gasteiger partial charge in [0.05, 0.1) is 7.11 Å². The standard InChI is InChI=1S/C13H15N3O3/c1-18-11-4-2-3-10(9-11)5-7-14-13(17)15-12-6-8-19-16-12/h2-4,6,8-9H,5,7H2,1H3,(H2,14,15,16,17). The zero-order valence-electron chi connectivity index (χ0n) is 10.6. The largest absolute Gasteiger partial charge is 0.497 e. The SMILES string of the molecule is COc1cccc(CCNC(=O)Nc2ccon2)c1. The molecule has 0 radical (unpaired) electrons. The molecule has 6 nitrogen and oxygen atoms in total. The highest BCUT2D eigenvalue weighted by molar-refractivity contribution is 5.87. The molecule has 1 aromatic carbocycles. The van der Waals surface area contributed by atoms with Crippen LogP contribution in [-0.2, 0) is 6.42 Å². The summed E-state index contributed by atoms with van der Waals surface area (Å²) < 4.78 is 9.74. The molecule has 0 aliphatic heterocycles. The van der Waals surface area contributed by atoms with Gasteiger partial charge in [0.25, 0.3) is 0 Å². The minimum Gasteiger partial charge on any atom is -0.497 e. The van der Waals surface area contributed by atoms with E-state index in [0.717, 1.165) is 17.7 Å². The van der Waals surface area contributed by atoms with Gasteiger partial charge in [-0.1, -0.05) is 17.3 Å². The van der Waals surface area contributed by atoms with Gasteiger partial charge in [-0.2, -0.15) is 0 Å². The van der Waals surface area contributed by atoms with Gasteiger partial charge in [-0.3, -0.25) is 5.32 Å². The van der Waals surface area contributed by atoms with E-state index in [9.17, 15) is 4.79 Å². The minimum atomic E-state index is -0.309. The number of nitrogens with zero attached hydrogens (tertiary/aromatic N) is 1. The Balaban J connectivity index is 1.75. The van der Waals surface area contributed by atoms with Crippen LogP contribution in [-0.4, -0.2) is 24.8 Å². The van der Waals surface area contributed by atoms with E-state index in [1.807, 2.05) is 24.3 Å². The van der Waals surface area contributed by atoms with Crippen LogP contribution in [0, 0.1) is 0 Å². The number of carbonyl (C=O) groups excluding carboxylic acids is 1. The van der Waals surface area contributed by atoms with E-state index >= 15 is 0 Å². The second-order valence-corrected chi connectivity index (χ2v) is 3.87. The number of hydrogen-bond donors (Lipinski definition) is 2. The van der Waals surface area contributed by atoms with Crippen molar-refractivity contribution >= 4 is 11.8 Å². The van der Waals surface area contributed by atoms with Crippen LogP contribution < -0.4 is 15.4 Å². The molecule has 0 spiro atoms. The zero-order chi connectivity index (χ0) is 13.5. The first-order valence-corrected chi connectivity index (χ1v) is 5.86. The van der Waals surface area contributed by atoms with Crippen LogP contribution in [0.3, 0.4) is 0 Å². The van der Waals surface area contributed by atoms with Gasteiger partial charge in [0.15, 0.2) is 5.82 Å². The summed E-state index contributed by atoms with van der Waals surface area (Å²) in [6, 6.07) is 8.99. The van der Waals surface area contributed by atoms with Crippen LogP contribution in [0.4, 0.5) is 10.6 Å². The highest BCUT2D eigenvalue weighted by Gasteiger charge is 2.03. The van der Waals surface area contributed by atoms with Gasteiger partial charge in [-0.05, 0) is 24.1 Å². The highest BCUT2D eigenvalue weighted by Crippen LogP contribution is 2.12. The number of hydrogen-bond acceptors (Lipinski definition) is 4. The number of methoxy groups -OCH3 is 1. The summed E-state index contributed by atoms with van der Waals surface area (Å²) in [6.45, 7) is 0.525. The molecule has 1 heterocycles. The Hall–Kier alpha value is -2.50. The molecule has 0 unspecified atom stereocenters. The van der Waals surface area contributed by atoms with Crippen molar-refractivity contribution in [3.63, 3.8) is 0 Å². The van der Waals surface area contributed by atoms with Crippen LogP contribution in [0.25, 0.3) is 0 Å². The van der Waals surface area contributed by atoms with Gasteiger partial charge >= 0.3 is 6.03 Å². The average Bonchev–Trinajstić information content (AvgIpc) is 2.92. The summed E-state index contributed by atoms with van der Waals surface area (Å²) in [6.07, 6.45) is 2.12. The first kappa shape index (κ1) is 12.9. The van der Waals surface area contributed by atoms with Gasteiger partial charge < -0.3 is 14.6 Å². The summed E-state index contributed by atoms with van der Waals surface area (Å²) >= 11 is 0. The van der Waals surface area contributed by atoms with E-state index in [2.05, 4.69) is 20.3 Å². The Bertz CT molecular complexity index is 526. The molecule has 2 N–H and O–H groups in total. The van der Waals surface area contributed by atoms with E-state index in [1.165, 1.54) is 6.26 Å². The topological polar surface area (TPSA) is 76.4 Å². The van der Waals surface area contributed by atoms with Crippen molar-refractivity contribution in [2.75, 3.05) is 19.0 Å². The number of nitrogens with one attached hydrogen (secondary N) is 2. The molecule has 0 aliphatic rings. The Labute approximate surface area is 110 Å². The van der Waals surface area contributed by atoms with Crippen LogP contribution in [0.1, 0.15) is 5.56 Å². The zero-order valence-corrected chi connectivity index (χ0v) is 10.6. The third kappa shape index (κ3) is 4.02. The Kier molecular flexibility index (Phi) is 4.39. The van der Waals surface area contributed by atoms with E-state index < -0.39 is 0 Å². The van der Waals surface area contributed by atoms with Crippen LogP contribution in [0.5, 0.6) is 5.75 Å². The van der Waals surface area contributed by atoms with Gasteiger partial charge in [0.2, 0.25) is 0 Å². The molecule has 0 fully saturated rings. The average molecular weight is 261 g/mol. The number of carbonyl (C=O) groups is 1. The predicted octanol–water partition coefficient (Wildman–Crippen LogP) is 2.05. The van der Waals surface area contributed by atoms with Crippen LogP contribution >= 0.6 is 0 Å². The second kappa shape index (κ2) is 6.44. The lowest BCUT2D eigenvalue weighted by Crippen LogP contribution is -2.30. The van der Waals surface area contributed by atoms with Crippen LogP contribution in [0.2, 0.25) is 0 Å². The molecule has 6 heteroatoms. The van der Waals surface area contributed by atoms with Crippen molar-refractivity contribution in [1.29, 1.82) is 0 Å². The fourth-order valence-corrected chi connectivity index (χ4v) is 1.59. The summed E-state index contributed by atoms with van der Waals surface area (Å²) in [7, 11) is 1.63. The molecule has 100 valence electrons. The first-order chi connectivity index (χ1) is 9.28. The lowest BCUT2D eigenvalue weighted by Gasteiger charge is -2.06. The Morgan fingerprint density at radius 1 is 1.42 bits per heavy atom. The molecule has 0 atom stereocenters. The number of urea groups is 1. The number of rotatable bonds is 5. The molecule has 19 heavy (non-hydrogen) atoms. The van der Waals surface area contributed by atoms with Gasteiger partial charge in [-0.15, -0.1) is 0 Å². The van der Waals surface area contributed by atoms with Gasteiger partial charge in [0, 0.05) is 12.6 Å². The smallest absolute Gasteiger partial charge is 0.320 e. The maximum Gasteiger partial charge on any atom is 0.320 e. The molecular weight excluding hydrogens is 246 g/mol. The third-order valence-electron chi connectivity index (χ3n) is 2.51. The molecule has 0 bridgehead atoms. The Morgan fingerprint density at radius 2 is 2.32 bits per heavy atom. The lowest BCUT2D eigenvalue weighted by molar-refractivity contribution is 0.252. The maximum absolute atomic E-state index is 11.5. The number of anilines is 1. The minimum absolute atomic E-state index is 0.309. The summed E-state index contributed by atoms with van der Waals surface area (Å²) in [5.74, 6) is 1.20. The third-order valence-corrected chi connectivity index (χ3v) is 2.51. The predicted molar refractivity (Wildman–Crippen MR) is 70.2 cm³/mol. The molecule has 0 saturated carbocycles. The molecule has 1 aromatic heterocycles. The quantitative estimate of drug-likeness (QED) is 0.863. The van der Waals surface area contributed by atoms with Crippen molar-refractivity contribution in [1.82, 2.24) is 10.5 Å². The van der Waals surface area contributed by atoms with E-state index in [-0.39, 0.29) is 6.03 Å². The molecule has 0 saturated heterocycles. The van der Waals surface area contributed by atoms with Gasteiger partial charge in [0.1, 0.15) is 12.0 Å². The summed E-state index contributed by atoms with van der Waals surface area (Å²) in [5.41, 5.74) is 1.10. The highest BCUT2D eigenvalue weighted by atomic mass is 16.5. The van der Waals surface area contributed by atoms with E-state index in [4.69, 9.17) is 4.74 Å². The summed E-state index contributed by atoms with van der Waals surface area (Å²) in [4.78, 5) is 11.5. The monoisotopic (exact) mass is 261 g/mol. The van der Waals surface area contributed by atoms with E-state index in [1.54, 1.807) is 13.2 Å². The fourth-order valence-electron chi connectivity index (χ4n) is 1.59. The molecule has 0 aliphatic carbocycles. The van der Waals surface area contributed by atoms with Crippen LogP contribution in [0.15, 0.2) is 41.1 Å². The first-order valence-electron chi connectivity index (χ1n) is 5.86. The van der Waals surface area contributed by atoms with Crippen molar-refractivity contribution in [2.45, 2.75) is 6.42 Å². The van der Waals surface area contributed by atoms with Gasteiger partial charge in [-0.25, -0.2) is 4.79 Å². The fraction of sp³-hybridized carbons (Fsp3) is 0.231. The molecule has 2 aromatic rings.